The number of carbonyl (C=O) groups is 1. The minimum Gasteiger partial charge on any atom is -0.294 e. The van der Waals surface area contributed by atoms with Crippen LogP contribution in [0.4, 0.5) is 0 Å². The minimum absolute atomic E-state index is 0.261. The summed E-state index contributed by atoms with van der Waals surface area (Å²) in [5, 5.41) is 4.14. The fourth-order valence-corrected chi connectivity index (χ4v) is 3.22. The summed E-state index contributed by atoms with van der Waals surface area (Å²) >= 11 is 2.00. The molecule has 0 radical (unpaired) electrons. The maximum Gasteiger partial charge on any atom is 0.166 e. The third-order valence-electron chi connectivity index (χ3n) is 3.09. The topological polar surface area (TPSA) is 34.9 Å². The first-order valence-corrected chi connectivity index (χ1v) is 7.08. The van der Waals surface area contributed by atoms with Crippen LogP contribution in [0.25, 0.3) is 0 Å². The SMILES string of the molecule is CCn1cc(C(=O)CC2CCSCC2)cn1. The molecule has 0 aliphatic carbocycles. The average molecular weight is 238 g/mol. The molecule has 1 aliphatic rings. The van der Waals surface area contributed by atoms with Crippen molar-refractivity contribution in [1.82, 2.24) is 9.78 Å². The lowest BCUT2D eigenvalue weighted by atomic mass is 9.94. The van der Waals surface area contributed by atoms with Gasteiger partial charge in [-0.15, -0.1) is 0 Å². The predicted octanol–water partition coefficient (Wildman–Crippen LogP) is 2.62. The van der Waals surface area contributed by atoms with Gasteiger partial charge in [0.05, 0.1) is 11.8 Å². The highest BCUT2D eigenvalue weighted by Crippen LogP contribution is 2.26. The van der Waals surface area contributed by atoms with Gasteiger partial charge in [0.15, 0.2) is 5.78 Å². The van der Waals surface area contributed by atoms with Gasteiger partial charge < -0.3 is 0 Å². The second-order valence-corrected chi connectivity index (χ2v) is 5.49. The van der Waals surface area contributed by atoms with Gasteiger partial charge in [-0.05, 0) is 37.2 Å². The van der Waals surface area contributed by atoms with E-state index in [1.54, 1.807) is 6.20 Å². The Balaban J connectivity index is 1.91. The standard InChI is InChI=1S/C12H18N2OS/c1-2-14-9-11(8-13-14)12(15)7-10-3-5-16-6-4-10/h8-10H,2-7H2,1H3. The van der Waals surface area contributed by atoms with Gasteiger partial charge in [-0.2, -0.15) is 16.9 Å². The van der Waals surface area contributed by atoms with Crippen molar-refractivity contribution < 1.29 is 4.79 Å². The average Bonchev–Trinajstić information content (AvgIpc) is 2.79. The molecule has 16 heavy (non-hydrogen) atoms. The van der Waals surface area contributed by atoms with E-state index in [2.05, 4.69) is 5.10 Å². The Labute approximate surface area is 101 Å². The fourth-order valence-electron chi connectivity index (χ4n) is 2.01. The lowest BCUT2D eigenvalue weighted by molar-refractivity contribution is 0.0958. The lowest BCUT2D eigenvalue weighted by Gasteiger charge is -2.19. The zero-order valence-electron chi connectivity index (χ0n) is 9.69. The number of carbonyl (C=O) groups excluding carboxylic acids is 1. The van der Waals surface area contributed by atoms with Crippen molar-refractivity contribution in [3.8, 4) is 0 Å². The number of ketones is 1. The van der Waals surface area contributed by atoms with E-state index in [0.717, 1.165) is 12.1 Å². The number of hydrogen-bond acceptors (Lipinski definition) is 3. The third-order valence-corrected chi connectivity index (χ3v) is 4.14. The highest BCUT2D eigenvalue weighted by atomic mass is 32.2. The summed E-state index contributed by atoms with van der Waals surface area (Å²) in [5.74, 6) is 3.29. The first kappa shape index (κ1) is 11.7. The summed E-state index contributed by atoms with van der Waals surface area (Å²) in [7, 11) is 0. The molecule has 88 valence electrons. The monoisotopic (exact) mass is 238 g/mol. The molecular formula is C12H18N2OS. The summed E-state index contributed by atoms with van der Waals surface area (Å²) in [5.41, 5.74) is 0.778. The van der Waals surface area contributed by atoms with Gasteiger partial charge in [0.1, 0.15) is 0 Å². The van der Waals surface area contributed by atoms with E-state index in [1.165, 1.54) is 24.3 Å². The van der Waals surface area contributed by atoms with Gasteiger partial charge in [0.25, 0.3) is 0 Å². The van der Waals surface area contributed by atoms with Crippen molar-refractivity contribution in [3.05, 3.63) is 18.0 Å². The molecule has 1 aromatic rings. The maximum atomic E-state index is 12.0. The molecule has 0 aromatic carbocycles. The molecule has 0 spiro atoms. The Kier molecular flexibility index (Phi) is 4.04. The predicted molar refractivity (Wildman–Crippen MR) is 66.9 cm³/mol. The van der Waals surface area contributed by atoms with Crippen LogP contribution in [-0.4, -0.2) is 27.1 Å². The Hall–Kier alpha value is -0.770. The maximum absolute atomic E-state index is 12.0. The Morgan fingerprint density at radius 3 is 2.94 bits per heavy atom. The first-order valence-electron chi connectivity index (χ1n) is 5.93. The normalized spacial score (nSPS) is 17.6. The molecule has 0 atom stereocenters. The molecule has 0 amide bonds. The summed E-state index contributed by atoms with van der Waals surface area (Å²) in [6.45, 7) is 2.85. The number of rotatable bonds is 4. The van der Waals surface area contributed by atoms with E-state index in [-0.39, 0.29) is 5.78 Å². The van der Waals surface area contributed by atoms with Gasteiger partial charge in [-0.3, -0.25) is 9.48 Å². The molecule has 0 saturated carbocycles. The van der Waals surface area contributed by atoms with E-state index in [0.29, 0.717) is 12.3 Å². The van der Waals surface area contributed by atoms with E-state index >= 15 is 0 Å². The zero-order valence-corrected chi connectivity index (χ0v) is 10.5. The van der Waals surface area contributed by atoms with Crippen molar-refractivity contribution in [3.63, 3.8) is 0 Å². The number of aryl methyl sites for hydroxylation is 1. The Morgan fingerprint density at radius 1 is 1.56 bits per heavy atom. The van der Waals surface area contributed by atoms with Crippen LogP contribution in [0.3, 0.4) is 0 Å². The molecule has 0 unspecified atom stereocenters. The number of aromatic nitrogens is 2. The third kappa shape index (κ3) is 2.88. The highest BCUT2D eigenvalue weighted by Gasteiger charge is 2.18. The van der Waals surface area contributed by atoms with Crippen LogP contribution in [-0.2, 0) is 6.54 Å². The molecule has 4 heteroatoms. The highest BCUT2D eigenvalue weighted by molar-refractivity contribution is 7.99. The number of hydrogen-bond donors (Lipinski definition) is 0. The molecule has 1 saturated heterocycles. The second-order valence-electron chi connectivity index (χ2n) is 4.27. The second kappa shape index (κ2) is 5.53. The van der Waals surface area contributed by atoms with Crippen LogP contribution in [0.1, 0.15) is 36.5 Å². The molecule has 2 heterocycles. The van der Waals surface area contributed by atoms with Crippen molar-refractivity contribution in [1.29, 1.82) is 0 Å². The van der Waals surface area contributed by atoms with Gasteiger partial charge in [0.2, 0.25) is 0 Å². The Bertz CT molecular complexity index is 356. The van der Waals surface area contributed by atoms with E-state index < -0.39 is 0 Å². The lowest BCUT2D eigenvalue weighted by Crippen LogP contribution is -2.14. The number of Topliss-reactive ketones (excluding diaryl/α,β-unsaturated/α-hetero) is 1. The summed E-state index contributed by atoms with van der Waals surface area (Å²) in [6, 6.07) is 0. The number of thioether (sulfide) groups is 1. The molecular weight excluding hydrogens is 220 g/mol. The van der Waals surface area contributed by atoms with Crippen LogP contribution < -0.4 is 0 Å². The van der Waals surface area contributed by atoms with Crippen LogP contribution in [0.15, 0.2) is 12.4 Å². The van der Waals surface area contributed by atoms with Crippen molar-refractivity contribution in [2.75, 3.05) is 11.5 Å². The van der Waals surface area contributed by atoms with Crippen LogP contribution >= 0.6 is 11.8 Å². The minimum atomic E-state index is 0.261. The summed E-state index contributed by atoms with van der Waals surface area (Å²) in [4.78, 5) is 12.0. The quantitative estimate of drug-likeness (QED) is 0.756. The molecule has 1 aromatic heterocycles. The number of nitrogens with zero attached hydrogens (tertiary/aromatic N) is 2. The van der Waals surface area contributed by atoms with Gasteiger partial charge in [-0.1, -0.05) is 0 Å². The van der Waals surface area contributed by atoms with Crippen LogP contribution in [0, 0.1) is 5.92 Å². The van der Waals surface area contributed by atoms with Crippen LogP contribution in [0.5, 0.6) is 0 Å². The molecule has 1 aliphatic heterocycles. The van der Waals surface area contributed by atoms with Crippen LogP contribution in [0.2, 0.25) is 0 Å². The summed E-state index contributed by atoms with van der Waals surface area (Å²) in [6.07, 6.45) is 6.65. The van der Waals surface area contributed by atoms with Gasteiger partial charge >= 0.3 is 0 Å². The fraction of sp³-hybridized carbons (Fsp3) is 0.667. The molecule has 0 N–H and O–H groups in total. The first-order chi connectivity index (χ1) is 7.79. The smallest absolute Gasteiger partial charge is 0.166 e. The van der Waals surface area contributed by atoms with Crippen molar-refractivity contribution >= 4 is 17.5 Å². The molecule has 3 nitrogen and oxygen atoms in total. The van der Waals surface area contributed by atoms with E-state index in [9.17, 15) is 4.79 Å². The molecule has 0 bridgehead atoms. The van der Waals surface area contributed by atoms with Crippen molar-refractivity contribution in [2.45, 2.75) is 32.7 Å². The molecule has 1 fully saturated rings. The Morgan fingerprint density at radius 2 is 2.31 bits per heavy atom. The van der Waals surface area contributed by atoms with Crippen molar-refractivity contribution in [2.24, 2.45) is 5.92 Å². The summed E-state index contributed by atoms with van der Waals surface area (Å²) < 4.78 is 1.81. The zero-order chi connectivity index (χ0) is 11.4. The van der Waals surface area contributed by atoms with E-state index in [4.69, 9.17) is 0 Å². The van der Waals surface area contributed by atoms with Gasteiger partial charge in [-0.25, -0.2) is 0 Å². The van der Waals surface area contributed by atoms with E-state index in [1.807, 2.05) is 29.6 Å². The van der Waals surface area contributed by atoms with Gasteiger partial charge in [0, 0.05) is 19.2 Å². The largest absolute Gasteiger partial charge is 0.294 e. The molecule has 2 rings (SSSR count).